The topological polar surface area (TPSA) is 602 Å². The SMILES string of the molecule is C=C(C/C=C(\C)CCC=C(C)C)CCC(C)(C)/C=C/CC/C(C)=C/CO[C@@H](COP(=O)(O)O[C@H]1O[C@H](C(=O)O)[C@@](C)(O)[C@H](OC(N)=O)C1O[C@@H]1O[C@H](CO[C@@H]2O[C@H](CO)[C@@H](O)[C@H](O)[C@H]2O)[C@@H](O[C@@H]2O[C@H](C)[C@@H](O[C@@H]3O[C@H](C(=O)NC4=C(O)CCC4=O)[C@H](O)[C@H](O)[C@H]3O)[C@H](O)[C@H]2NC(C)=O)[C@H](O)[C@H]1NC(C)=O)C(=O)O. The first-order valence-corrected chi connectivity index (χ1v) is 36.8. The Labute approximate surface area is 628 Å². The minimum Gasteiger partial charge on any atom is -0.510 e. The van der Waals surface area contributed by atoms with Crippen LogP contribution < -0.4 is 21.7 Å². The molecular weight excluding hydrogens is 1480 g/mol. The van der Waals surface area contributed by atoms with Gasteiger partial charge in [-0.1, -0.05) is 73.1 Å². The van der Waals surface area contributed by atoms with Crippen LogP contribution in [-0.4, -0.2) is 298 Å². The molecule has 19 N–H and O–H groups in total. The van der Waals surface area contributed by atoms with Crippen LogP contribution in [0.3, 0.4) is 0 Å². The Morgan fingerprint density at radius 2 is 1.29 bits per heavy atom. The number of hydrogen-bond donors (Lipinski definition) is 18. The number of nitrogens with two attached hydrogens (primary N) is 1. The van der Waals surface area contributed by atoms with Crippen LogP contribution in [0.25, 0.3) is 0 Å². The van der Waals surface area contributed by atoms with Crippen molar-refractivity contribution in [1.29, 1.82) is 0 Å². The van der Waals surface area contributed by atoms with Crippen molar-refractivity contribution in [2.75, 3.05) is 26.4 Å². The molecule has 39 nitrogen and oxygen atoms in total. The minimum absolute atomic E-state index is 0.131. The van der Waals surface area contributed by atoms with E-state index in [0.29, 0.717) is 19.8 Å². The average molecular weight is 1580 g/mol. The Bertz CT molecular complexity index is 3360. The molecule has 5 aliphatic heterocycles. The molecule has 4 amide bonds. The number of carbonyl (C=O) groups is 7. The predicted octanol–water partition coefficient (Wildman–Crippen LogP) is -1.43. The van der Waals surface area contributed by atoms with Gasteiger partial charge in [-0.25, -0.2) is 18.9 Å². The van der Waals surface area contributed by atoms with Gasteiger partial charge in [0.25, 0.3) is 5.91 Å². The van der Waals surface area contributed by atoms with Crippen molar-refractivity contribution in [3.05, 3.63) is 70.7 Å². The maximum atomic E-state index is 14.1. The molecule has 0 aromatic carbocycles. The van der Waals surface area contributed by atoms with Crippen molar-refractivity contribution >= 4 is 49.4 Å². The van der Waals surface area contributed by atoms with Crippen LogP contribution >= 0.6 is 7.82 Å². The molecule has 109 heavy (non-hydrogen) atoms. The number of carbonyl (C=O) groups excluding carboxylic acids is 5. The van der Waals surface area contributed by atoms with Crippen LogP contribution in [-0.2, 0) is 94.5 Å². The van der Waals surface area contributed by atoms with E-state index in [1.165, 1.54) is 18.1 Å². The zero-order valence-electron chi connectivity index (χ0n) is 62.1. The van der Waals surface area contributed by atoms with E-state index < -0.39 is 240 Å². The number of Topliss-reactive ketones (excluding diaryl/α,β-unsaturated/α-hetero) is 1. The van der Waals surface area contributed by atoms with Crippen LogP contribution in [0.5, 0.6) is 0 Å². The molecule has 40 heteroatoms. The zero-order valence-corrected chi connectivity index (χ0v) is 63.0. The molecule has 618 valence electrons. The highest BCUT2D eigenvalue weighted by Crippen LogP contribution is 2.49. The van der Waals surface area contributed by atoms with Gasteiger partial charge in [0, 0.05) is 26.7 Å². The van der Waals surface area contributed by atoms with Crippen LogP contribution in [0.4, 0.5) is 4.79 Å². The van der Waals surface area contributed by atoms with Gasteiger partial charge in [0.05, 0.1) is 32.5 Å². The molecule has 0 bridgehead atoms. The highest BCUT2D eigenvalue weighted by Gasteiger charge is 2.63. The Hall–Kier alpha value is -6.16. The summed E-state index contributed by atoms with van der Waals surface area (Å²) in [7, 11) is -5.89. The van der Waals surface area contributed by atoms with Gasteiger partial charge in [0.2, 0.25) is 11.8 Å². The lowest BCUT2D eigenvalue weighted by Gasteiger charge is -2.51. The number of nitrogens with one attached hydrogen (secondary N) is 3. The number of primary amides is 1. The third-order valence-electron chi connectivity index (χ3n) is 18.9. The van der Waals surface area contributed by atoms with E-state index in [4.69, 9.17) is 66.9 Å². The predicted molar refractivity (Wildman–Crippen MR) is 370 cm³/mol. The summed E-state index contributed by atoms with van der Waals surface area (Å²) in [6.45, 7) is 16.6. The van der Waals surface area contributed by atoms with E-state index in [0.717, 1.165) is 57.1 Å². The van der Waals surface area contributed by atoms with Crippen LogP contribution in [0.2, 0.25) is 0 Å². The van der Waals surface area contributed by atoms with Crippen LogP contribution in [0.15, 0.2) is 70.7 Å². The molecule has 0 aromatic rings. The molecule has 2 unspecified atom stereocenters. The lowest BCUT2D eigenvalue weighted by atomic mass is 9.85. The summed E-state index contributed by atoms with van der Waals surface area (Å²) in [6, 6.07) is -4.03. The van der Waals surface area contributed by atoms with Crippen LogP contribution in [0, 0.1) is 5.41 Å². The van der Waals surface area contributed by atoms with Gasteiger partial charge in [-0.3, -0.25) is 28.2 Å². The smallest absolute Gasteiger partial charge is 0.474 e. The lowest BCUT2D eigenvalue weighted by molar-refractivity contribution is -0.375. The average Bonchev–Trinajstić information content (AvgIpc) is 1.80. The van der Waals surface area contributed by atoms with Gasteiger partial charge in [-0.05, 0) is 91.9 Å². The molecular formula is C69H107N4O35P. The number of carboxylic acid groups (broad SMARTS) is 2. The number of phosphoric ester groups is 1. The summed E-state index contributed by atoms with van der Waals surface area (Å²) >= 11 is 0. The first-order chi connectivity index (χ1) is 50.9. The summed E-state index contributed by atoms with van der Waals surface area (Å²) in [4.78, 5) is 101. The lowest BCUT2D eigenvalue weighted by Crippen LogP contribution is -2.72. The minimum atomic E-state index is -5.89. The summed E-state index contributed by atoms with van der Waals surface area (Å²) in [5.74, 6) is -8.21. The highest BCUT2D eigenvalue weighted by molar-refractivity contribution is 7.47. The number of aliphatic hydroxyl groups excluding tert-OH is 10. The van der Waals surface area contributed by atoms with Gasteiger partial charge in [0.15, 0.2) is 67.8 Å². The van der Waals surface area contributed by atoms with Crippen LogP contribution in [0.1, 0.15) is 127 Å². The van der Waals surface area contributed by atoms with Gasteiger partial charge in [-0.2, -0.15) is 0 Å². The van der Waals surface area contributed by atoms with E-state index in [-0.39, 0.29) is 24.9 Å². The Balaban J connectivity index is 1.25. The largest absolute Gasteiger partial charge is 0.510 e. The number of hydrogen-bond acceptors (Lipinski definition) is 32. The van der Waals surface area contributed by atoms with E-state index in [9.17, 15) is 109 Å². The number of ketones is 1. The fraction of sp³-hybridized carbons (Fsp3) is 0.725. The second-order valence-corrected chi connectivity index (χ2v) is 30.2. The summed E-state index contributed by atoms with van der Waals surface area (Å²) in [6.07, 6.45) is -36.2. The van der Waals surface area contributed by atoms with E-state index in [2.05, 4.69) is 75.4 Å². The molecule has 0 aromatic heterocycles. The number of carboxylic acids is 2. The first kappa shape index (κ1) is 91.7. The number of rotatable bonds is 37. The normalized spacial score (nSPS) is 35.6. The van der Waals surface area contributed by atoms with Crippen molar-refractivity contribution in [1.82, 2.24) is 16.0 Å². The summed E-state index contributed by atoms with van der Waals surface area (Å²) < 4.78 is 88.5. The molecule has 27 atom stereocenters. The standard InChI is InChI=1S/C69H107N4O35P/c1-30(2)15-14-17-31(3)18-19-33(5)22-25-68(9,10)24-13-12-16-32(4)23-26-96-41(60(88)89)29-98-109(94,95)108-66-56(57(107-67(70)92)69(11,93)58(106-66)61(90)91)105-63-44(72-36(8)76)47(81)54(40(101-63)28-97-64-51(85)48(82)45(79)39(27-74)100-64)103-62-43(71-35(7)75)46(80)53(34(6)99-62)102-65-52(86)49(83)50(84)55(104-65)59(87)73-42-37(77)20-21-38(42)78/h13,15,18,23-24,34,39-41,43-58,62-66,74,77,79-86,93H,5,12,14,16-17,19-22,25-29H2,1-4,6-11H3,(H2,70,92)(H,71,75)(H,72,76)(H,73,87)(H,88,89)(H,90,91)(H,94,95)/b24-13+,31-18+,32-23+/t34-,39-,40-,41+,43-,44-,45-,46-,47-,48+,49+,50-,51-,52-,53-,54-,55+,56?,57-,58-,62+,63+,64-,65-,66-,69+/m1/s1. The number of aliphatic hydroxyl groups is 11. The Morgan fingerprint density at radius 3 is 1.88 bits per heavy atom. The van der Waals surface area contributed by atoms with Gasteiger partial charge >= 0.3 is 25.9 Å². The fourth-order valence-corrected chi connectivity index (χ4v) is 13.4. The fourth-order valence-electron chi connectivity index (χ4n) is 12.6. The van der Waals surface area contributed by atoms with Crippen molar-refractivity contribution in [2.24, 2.45) is 11.1 Å². The second-order valence-electron chi connectivity index (χ2n) is 28.8. The molecule has 6 aliphatic rings. The number of allylic oxidation sites excluding steroid dienone is 10. The van der Waals surface area contributed by atoms with Gasteiger partial charge in [-0.15, -0.1) is 0 Å². The summed E-state index contributed by atoms with van der Waals surface area (Å²) in [5.41, 5.74) is 6.20. The third kappa shape index (κ3) is 25.4. The van der Waals surface area contributed by atoms with Crippen molar-refractivity contribution in [3.63, 3.8) is 0 Å². The van der Waals surface area contributed by atoms with Crippen molar-refractivity contribution < 1.29 is 171 Å². The quantitative estimate of drug-likeness (QED) is 0.0250. The molecule has 5 saturated heterocycles. The van der Waals surface area contributed by atoms with Gasteiger partial charge in [0.1, 0.15) is 102 Å². The summed E-state index contributed by atoms with van der Waals surface area (Å²) in [5, 5.41) is 149. The Kier molecular flexibility index (Phi) is 34.1. The van der Waals surface area contributed by atoms with E-state index in [1.54, 1.807) is 13.0 Å². The monoisotopic (exact) mass is 1580 g/mol. The molecule has 5 fully saturated rings. The van der Waals surface area contributed by atoms with E-state index >= 15 is 0 Å². The molecule has 0 saturated carbocycles. The highest BCUT2D eigenvalue weighted by atomic mass is 31.2. The van der Waals surface area contributed by atoms with Gasteiger partial charge < -0.3 is 145 Å². The van der Waals surface area contributed by atoms with Crippen molar-refractivity contribution in [2.45, 2.75) is 286 Å². The first-order valence-electron chi connectivity index (χ1n) is 35.3. The molecule has 0 radical (unpaired) electrons. The van der Waals surface area contributed by atoms with E-state index in [1.807, 2.05) is 6.08 Å². The number of ether oxygens (including phenoxy) is 11. The second kappa shape index (κ2) is 40.5. The molecule has 0 spiro atoms. The number of aliphatic carboxylic acids is 2. The maximum absolute atomic E-state index is 14.1. The Morgan fingerprint density at radius 1 is 0.716 bits per heavy atom. The molecule has 5 heterocycles. The third-order valence-corrected chi connectivity index (χ3v) is 19.8. The number of phosphoric acid groups is 1. The molecule has 6 rings (SSSR count). The van der Waals surface area contributed by atoms with Crippen molar-refractivity contribution in [3.8, 4) is 0 Å². The molecule has 1 aliphatic carbocycles. The maximum Gasteiger partial charge on any atom is 0.474 e. The zero-order chi connectivity index (χ0) is 81.5. The number of amides is 4.